The van der Waals surface area contributed by atoms with Crippen molar-refractivity contribution in [1.82, 2.24) is 4.57 Å². The number of aromatic nitrogens is 1. The summed E-state index contributed by atoms with van der Waals surface area (Å²) in [6, 6.07) is 8.29. The van der Waals surface area contributed by atoms with E-state index in [9.17, 15) is 4.79 Å². The second-order valence-electron chi connectivity index (χ2n) is 6.41. The number of nitrogens with zero attached hydrogens (tertiary/aromatic N) is 2. The highest BCUT2D eigenvalue weighted by Crippen LogP contribution is 2.33. The van der Waals surface area contributed by atoms with Crippen LogP contribution >= 0.6 is 15.9 Å². The van der Waals surface area contributed by atoms with Crippen LogP contribution in [0, 0.1) is 0 Å². The van der Waals surface area contributed by atoms with E-state index in [0.29, 0.717) is 0 Å². The third kappa shape index (κ3) is 2.35. The van der Waals surface area contributed by atoms with Gasteiger partial charge >= 0.3 is 0 Å². The summed E-state index contributed by atoms with van der Waals surface area (Å²) in [4.78, 5) is 15.1. The van der Waals surface area contributed by atoms with Crippen LogP contribution in [0.3, 0.4) is 0 Å². The molecule has 0 radical (unpaired) electrons. The van der Waals surface area contributed by atoms with Gasteiger partial charge in [0, 0.05) is 28.9 Å². The highest BCUT2D eigenvalue weighted by molar-refractivity contribution is 9.10. The van der Waals surface area contributed by atoms with Crippen LogP contribution in [0.25, 0.3) is 0 Å². The summed E-state index contributed by atoms with van der Waals surface area (Å²) in [6.45, 7) is 3.81. The van der Waals surface area contributed by atoms with Gasteiger partial charge in [0.05, 0.1) is 0 Å². The lowest BCUT2D eigenvalue weighted by atomic mass is 9.98. The van der Waals surface area contributed by atoms with Crippen LogP contribution in [-0.4, -0.2) is 17.0 Å². The molecule has 1 aliphatic carbocycles. The predicted molar refractivity (Wildman–Crippen MR) is 96.3 cm³/mol. The molecule has 1 aliphatic heterocycles. The Morgan fingerprint density at radius 2 is 2.00 bits per heavy atom. The summed E-state index contributed by atoms with van der Waals surface area (Å²) < 4.78 is 3.36. The van der Waals surface area contributed by atoms with Crippen molar-refractivity contribution in [1.29, 1.82) is 0 Å². The van der Waals surface area contributed by atoms with Crippen molar-refractivity contribution in [2.75, 3.05) is 11.4 Å². The van der Waals surface area contributed by atoms with Gasteiger partial charge in [0.25, 0.3) is 5.91 Å². The number of anilines is 1. The molecule has 23 heavy (non-hydrogen) atoms. The molecule has 4 rings (SSSR count). The lowest BCUT2D eigenvalue weighted by Crippen LogP contribution is -2.41. The quantitative estimate of drug-likeness (QED) is 0.768. The lowest BCUT2D eigenvalue weighted by Gasteiger charge is -2.31. The summed E-state index contributed by atoms with van der Waals surface area (Å²) in [5.74, 6) is 0.151. The fraction of sp³-hybridized carbons (Fsp3) is 0.421. The monoisotopic (exact) mass is 372 g/mol. The van der Waals surface area contributed by atoms with Crippen LogP contribution in [0.5, 0.6) is 0 Å². The Hall–Kier alpha value is -1.55. The molecule has 2 aromatic rings. The number of carbonyl (C=O) groups is 1. The minimum absolute atomic E-state index is 0.151. The van der Waals surface area contributed by atoms with Gasteiger partial charge in [-0.15, -0.1) is 0 Å². The molecular weight excluding hydrogens is 352 g/mol. The van der Waals surface area contributed by atoms with Crippen molar-refractivity contribution in [3.8, 4) is 0 Å². The molecule has 0 saturated carbocycles. The van der Waals surface area contributed by atoms with Crippen LogP contribution < -0.4 is 4.90 Å². The maximum atomic E-state index is 13.1. The Bertz CT molecular complexity index is 778. The topological polar surface area (TPSA) is 25.2 Å². The van der Waals surface area contributed by atoms with Crippen LogP contribution in [0.1, 0.15) is 47.1 Å². The standard InChI is InChI=1S/C19H21BrN2O/c1-2-14-15(20)7-5-9-17(14)22-11-10-21-16-8-4-3-6-13(16)12-18(21)19(22)23/h5,7,9,12H,2-4,6,8,10-11H2,1H3. The van der Waals surface area contributed by atoms with Gasteiger partial charge in [-0.25, -0.2) is 0 Å². The number of carbonyl (C=O) groups excluding carboxylic acids is 1. The van der Waals surface area contributed by atoms with Crippen molar-refractivity contribution in [2.24, 2.45) is 0 Å². The molecule has 4 heteroatoms. The minimum Gasteiger partial charge on any atom is -0.339 e. The second-order valence-corrected chi connectivity index (χ2v) is 7.26. The zero-order valence-corrected chi connectivity index (χ0v) is 15.0. The summed E-state index contributed by atoms with van der Waals surface area (Å²) in [6.07, 6.45) is 5.66. The fourth-order valence-corrected chi connectivity index (χ4v) is 4.65. The predicted octanol–water partition coefficient (Wildman–Crippen LogP) is 4.35. The first-order valence-electron chi connectivity index (χ1n) is 8.51. The van der Waals surface area contributed by atoms with Gasteiger partial charge in [-0.05, 0) is 61.4 Å². The van der Waals surface area contributed by atoms with Gasteiger partial charge in [0.2, 0.25) is 0 Å². The Labute approximate surface area is 145 Å². The average Bonchev–Trinajstić information content (AvgIpc) is 2.95. The summed E-state index contributed by atoms with van der Waals surface area (Å²) in [5.41, 5.74) is 5.95. The van der Waals surface area contributed by atoms with E-state index in [2.05, 4.69) is 45.6 Å². The number of hydrogen-bond acceptors (Lipinski definition) is 1. The molecule has 2 aliphatic rings. The van der Waals surface area contributed by atoms with Gasteiger partial charge < -0.3 is 9.47 Å². The molecule has 0 fully saturated rings. The van der Waals surface area contributed by atoms with Crippen LogP contribution in [0.4, 0.5) is 5.69 Å². The average molecular weight is 373 g/mol. The Balaban J connectivity index is 1.76. The van der Waals surface area contributed by atoms with Crippen molar-refractivity contribution in [3.05, 3.63) is 51.3 Å². The van der Waals surface area contributed by atoms with Gasteiger partial charge in [-0.1, -0.05) is 28.9 Å². The van der Waals surface area contributed by atoms with Crippen molar-refractivity contribution >= 4 is 27.5 Å². The largest absolute Gasteiger partial charge is 0.339 e. The molecular formula is C19H21BrN2O. The maximum absolute atomic E-state index is 13.1. The Morgan fingerprint density at radius 3 is 2.83 bits per heavy atom. The van der Waals surface area contributed by atoms with Gasteiger partial charge in [0.15, 0.2) is 0 Å². The second kappa shape index (κ2) is 5.82. The maximum Gasteiger partial charge on any atom is 0.274 e. The van der Waals surface area contributed by atoms with Gasteiger partial charge in [-0.3, -0.25) is 4.79 Å². The van der Waals surface area contributed by atoms with Crippen molar-refractivity contribution < 1.29 is 4.79 Å². The Kier molecular flexibility index (Phi) is 3.80. The number of hydrogen-bond donors (Lipinski definition) is 0. The van der Waals surface area contributed by atoms with Gasteiger partial charge in [-0.2, -0.15) is 0 Å². The summed E-state index contributed by atoms with van der Waals surface area (Å²) in [7, 11) is 0. The molecule has 0 bridgehead atoms. The smallest absolute Gasteiger partial charge is 0.274 e. The van der Waals surface area contributed by atoms with E-state index in [1.807, 2.05) is 11.0 Å². The fourth-order valence-electron chi connectivity index (χ4n) is 4.02. The SMILES string of the molecule is CCc1c(Br)cccc1N1CCn2c(cc3c2CCCC3)C1=O. The normalized spacial score (nSPS) is 17.1. The summed E-state index contributed by atoms with van der Waals surface area (Å²) >= 11 is 3.63. The van der Waals surface area contributed by atoms with Crippen LogP contribution in [0.15, 0.2) is 28.7 Å². The number of rotatable bonds is 2. The summed E-state index contributed by atoms with van der Waals surface area (Å²) in [5, 5.41) is 0. The molecule has 120 valence electrons. The number of benzene rings is 1. The molecule has 0 spiro atoms. The molecule has 0 atom stereocenters. The first-order chi connectivity index (χ1) is 11.2. The number of fused-ring (bicyclic) bond motifs is 3. The lowest BCUT2D eigenvalue weighted by molar-refractivity contribution is 0.0964. The zero-order chi connectivity index (χ0) is 16.0. The van der Waals surface area contributed by atoms with E-state index < -0.39 is 0 Å². The molecule has 3 nitrogen and oxygen atoms in total. The highest BCUT2D eigenvalue weighted by atomic mass is 79.9. The molecule has 0 unspecified atom stereocenters. The number of aryl methyl sites for hydroxylation is 1. The molecule has 1 amide bonds. The first kappa shape index (κ1) is 15.0. The van der Waals surface area contributed by atoms with Crippen LogP contribution in [-0.2, 0) is 25.8 Å². The van der Waals surface area contributed by atoms with E-state index in [0.717, 1.165) is 48.2 Å². The third-order valence-corrected chi connectivity index (χ3v) is 5.90. The van der Waals surface area contributed by atoms with E-state index in [1.54, 1.807) is 0 Å². The first-order valence-corrected chi connectivity index (χ1v) is 9.30. The molecule has 0 saturated heterocycles. The minimum atomic E-state index is 0.151. The number of halogens is 1. The number of amides is 1. The van der Waals surface area contributed by atoms with E-state index in [1.165, 1.54) is 29.7 Å². The van der Waals surface area contributed by atoms with E-state index >= 15 is 0 Å². The molecule has 1 aromatic heterocycles. The zero-order valence-electron chi connectivity index (χ0n) is 13.4. The van der Waals surface area contributed by atoms with Crippen molar-refractivity contribution in [3.63, 3.8) is 0 Å². The highest BCUT2D eigenvalue weighted by Gasteiger charge is 2.31. The molecule has 0 N–H and O–H groups in total. The molecule has 1 aromatic carbocycles. The van der Waals surface area contributed by atoms with Crippen molar-refractivity contribution in [2.45, 2.75) is 45.6 Å². The van der Waals surface area contributed by atoms with E-state index in [4.69, 9.17) is 0 Å². The van der Waals surface area contributed by atoms with Crippen LogP contribution in [0.2, 0.25) is 0 Å². The van der Waals surface area contributed by atoms with Gasteiger partial charge in [0.1, 0.15) is 5.69 Å². The third-order valence-electron chi connectivity index (χ3n) is 5.16. The molecule has 2 heterocycles. The Morgan fingerprint density at radius 1 is 1.17 bits per heavy atom. The van der Waals surface area contributed by atoms with E-state index in [-0.39, 0.29) is 5.91 Å².